The summed E-state index contributed by atoms with van der Waals surface area (Å²) in [5, 5.41) is 3.36. The third-order valence-corrected chi connectivity index (χ3v) is 3.72. The number of hydrogen-bond donors (Lipinski definition) is 1. The van der Waals surface area contributed by atoms with E-state index in [2.05, 4.69) is 15.3 Å². The van der Waals surface area contributed by atoms with Crippen molar-refractivity contribution in [1.82, 2.24) is 20.2 Å². The molecule has 110 valence electrons. The lowest BCUT2D eigenvalue weighted by Gasteiger charge is -2.22. The van der Waals surface area contributed by atoms with E-state index < -0.39 is 0 Å². The molecule has 2 rings (SSSR count). The maximum absolute atomic E-state index is 11.7. The highest BCUT2D eigenvalue weighted by Crippen LogP contribution is 2.22. The molecule has 0 radical (unpaired) electrons. The minimum absolute atomic E-state index is 0.143. The summed E-state index contributed by atoms with van der Waals surface area (Å²) in [6, 6.07) is 1.99. The lowest BCUT2D eigenvalue weighted by atomic mass is 9.97. The highest BCUT2D eigenvalue weighted by molar-refractivity contribution is 5.75. The van der Waals surface area contributed by atoms with E-state index in [9.17, 15) is 4.79 Å². The van der Waals surface area contributed by atoms with E-state index in [1.807, 2.05) is 13.0 Å². The molecular formula is C15H24N4O. The van der Waals surface area contributed by atoms with Crippen molar-refractivity contribution >= 4 is 5.91 Å². The molecule has 0 atom stereocenters. The van der Waals surface area contributed by atoms with Crippen LogP contribution >= 0.6 is 0 Å². The van der Waals surface area contributed by atoms with Crippen molar-refractivity contribution in [2.24, 2.45) is 0 Å². The van der Waals surface area contributed by atoms with Crippen LogP contribution in [-0.4, -0.2) is 48.0 Å². The predicted molar refractivity (Wildman–Crippen MR) is 78.6 cm³/mol. The van der Waals surface area contributed by atoms with Gasteiger partial charge in [0.05, 0.1) is 0 Å². The standard InChI is InChI=1S/C15H24N4O/c1-11-10-13(4-5-14(20)19(2)3)18-15(17-11)12-6-8-16-9-7-12/h10,12,16H,4-9H2,1-3H3. The molecule has 0 bridgehead atoms. The Balaban J connectivity index is 2.06. The van der Waals surface area contributed by atoms with Gasteiger partial charge in [-0.2, -0.15) is 0 Å². The molecule has 5 heteroatoms. The van der Waals surface area contributed by atoms with Gasteiger partial charge in [0.15, 0.2) is 0 Å². The Bertz CT molecular complexity index is 467. The molecule has 1 aromatic heterocycles. The van der Waals surface area contributed by atoms with Crippen molar-refractivity contribution < 1.29 is 4.79 Å². The molecule has 1 aliphatic heterocycles. The molecule has 1 fully saturated rings. The second-order valence-electron chi connectivity index (χ2n) is 5.67. The highest BCUT2D eigenvalue weighted by Gasteiger charge is 2.18. The van der Waals surface area contributed by atoms with E-state index in [-0.39, 0.29) is 5.91 Å². The van der Waals surface area contributed by atoms with Crippen LogP contribution in [0.15, 0.2) is 6.07 Å². The monoisotopic (exact) mass is 276 g/mol. The number of piperidine rings is 1. The van der Waals surface area contributed by atoms with Crippen LogP contribution in [0.2, 0.25) is 0 Å². The van der Waals surface area contributed by atoms with Gasteiger partial charge in [-0.05, 0) is 45.3 Å². The topological polar surface area (TPSA) is 58.1 Å². The fourth-order valence-corrected chi connectivity index (χ4v) is 2.51. The molecule has 0 unspecified atom stereocenters. The van der Waals surface area contributed by atoms with E-state index in [1.165, 1.54) is 0 Å². The van der Waals surface area contributed by atoms with Gasteiger partial charge in [0, 0.05) is 37.8 Å². The Labute approximate surface area is 120 Å². The molecule has 1 aromatic rings. The highest BCUT2D eigenvalue weighted by atomic mass is 16.2. The lowest BCUT2D eigenvalue weighted by molar-refractivity contribution is -0.128. The molecule has 1 aliphatic rings. The summed E-state index contributed by atoms with van der Waals surface area (Å²) in [4.78, 5) is 22.6. The molecule has 0 saturated carbocycles. The first-order valence-electron chi connectivity index (χ1n) is 7.31. The zero-order valence-electron chi connectivity index (χ0n) is 12.6. The van der Waals surface area contributed by atoms with Crippen LogP contribution in [-0.2, 0) is 11.2 Å². The molecule has 0 spiro atoms. The molecule has 1 saturated heterocycles. The summed E-state index contributed by atoms with van der Waals surface area (Å²) in [6.45, 7) is 4.08. The van der Waals surface area contributed by atoms with Gasteiger partial charge in [-0.15, -0.1) is 0 Å². The number of rotatable bonds is 4. The van der Waals surface area contributed by atoms with Crippen LogP contribution in [0.1, 0.15) is 42.4 Å². The third-order valence-electron chi connectivity index (χ3n) is 3.72. The van der Waals surface area contributed by atoms with Crippen molar-refractivity contribution in [3.05, 3.63) is 23.3 Å². The van der Waals surface area contributed by atoms with Gasteiger partial charge in [0.1, 0.15) is 5.82 Å². The van der Waals surface area contributed by atoms with Gasteiger partial charge in [0.25, 0.3) is 0 Å². The Morgan fingerprint density at radius 2 is 2.05 bits per heavy atom. The van der Waals surface area contributed by atoms with Crippen LogP contribution in [0.4, 0.5) is 0 Å². The normalized spacial score (nSPS) is 16.1. The predicted octanol–water partition coefficient (Wildman–Crippen LogP) is 1.27. The van der Waals surface area contributed by atoms with Crippen molar-refractivity contribution in [3.8, 4) is 0 Å². The molecule has 0 aliphatic carbocycles. The van der Waals surface area contributed by atoms with Gasteiger partial charge in [-0.3, -0.25) is 4.79 Å². The van der Waals surface area contributed by atoms with Gasteiger partial charge in [-0.25, -0.2) is 9.97 Å². The van der Waals surface area contributed by atoms with Crippen molar-refractivity contribution in [3.63, 3.8) is 0 Å². The van der Waals surface area contributed by atoms with Gasteiger partial charge < -0.3 is 10.2 Å². The van der Waals surface area contributed by atoms with E-state index in [0.29, 0.717) is 18.8 Å². The van der Waals surface area contributed by atoms with Crippen LogP contribution in [0.25, 0.3) is 0 Å². The van der Waals surface area contributed by atoms with Gasteiger partial charge in [0.2, 0.25) is 5.91 Å². The molecule has 1 N–H and O–H groups in total. The van der Waals surface area contributed by atoms with Crippen LogP contribution in [0.5, 0.6) is 0 Å². The largest absolute Gasteiger partial charge is 0.349 e. The summed E-state index contributed by atoms with van der Waals surface area (Å²) in [6.07, 6.45) is 3.40. The van der Waals surface area contributed by atoms with Gasteiger partial charge in [-0.1, -0.05) is 0 Å². The molecular weight excluding hydrogens is 252 g/mol. The number of carbonyl (C=O) groups is 1. The van der Waals surface area contributed by atoms with Crippen LogP contribution < -0.4 is 5.32 Å². The quantitative estimate of drug-likeness (QED) is 0.900. The summed E-state index contributed by atoms with van der Waals surface area (Å²) < 4.78 is 0. The van der Waals surface area contributed by atoms with Crippen molar-refractivity contribution in [2.45, 2.75) is 38.5 Å². The first-order valence-corrected chi connectivity index (χ1v) is 7.31. The SMILES string of the molecule is Cc1cc(CCC(=O)N(C)C)nc(C2CCNCC2)n1. The fourth-order valence-electron chi connectivity index (χ4n) is 2.51. The molecule has 5 nitrogen and oxygen atoms in total. The summed E-state index contributed by atoms with van der Waals surface area (Å²) >= 11 is 0. The number of nitrogens with zero attached hydrogens (tertiary/aromatic N) is 3. The summed E-state index contributed by atoms with van der Waals surface area (Å²) in [7, 11) is 3.57. The first-order chi connectivity index (χ1) is 9.56. The van der Waals surface area contributed by atoms with Crippen molar-refractivity contribution in [1.29, 1.82) is 0 Å². The summed E-state index contributed by atoms with van der Waals surface area (Å²) in [5.74, 6) is 1.56. The maximum atomic E-state index is 11.7. The number of aryl methyl sites for hydroxylation is 2. The van der Waals surface area contributed by atoms with E-state index >= 15 is 0 Å². The number of hydrogen-bond acceptors (Lipinski definition) is 4. The molecule has 2 heterocycles. The van der Waals surface area contributed by atoms with Crippen molar-refractivity contribution in [2.75, 3.05) is 27.2 Å². The molecule has 0 aromatic carbocycles. The minimum Gasteiger partial charge on any atom is -0.349 e. The Hall–Kier alpha value is -1.49. The molecule has 1 amide bonds. The third kappa shape index (κ3) is 4.00. The maximum Gasteiger partial charge on any atom is 0.222 e. The zero-order valence-corrected chi connectivity index (χ0v) is 12.6. The second-order valence-corrected chi connectivity index (χ2v) is 5.67. The lowest BCUT2D eigenvalue weighted by Crippen LogP contribution is -2.28. The van der Waals surface area contributed by atoms with E-state index in [4.69, 9.17) is 0 Å². The number of carbonyl (C=O) groups excluding carboxylic acids is 1. The first kappa shape index (κ1) is 14.9. The van der Waals surface area contributed by atoms with E-state index in [0.717, 1.165) is 43.1 Å². The van der Waals surface area contributed by atoms with E-state index in [1.54, 1.807) is 19.0 Å². The number of nitrogens with one attached hydrogen (secondary N) is 1. The summed E-state index contributed by atoms with van der Waals surface area (Å²) in [5.41, 5.74) is 1.99. The average molecular weight is 276 g/mol. The van der Waals surface area contributed by atoms with Gasteiger partial charge >= 0.3 is 0 Å². The second kappa shape index (κ2) is 6.79. The van der Waals surface area contributed by atoms with Crippen LogP contribution in [0, 0.1) is 6.92 Å². The Morgan fingerprint density at radius 1 is 1.35 bits per heavy atom. The Kier molecular flexibility index (Phi) is 5.06. The zero-order chi connectivity index (χ0) is 14.5. The Morgan fingerprint density at radius 3 is 2.70 bits per heavy atom. The number of amides is 1. The number of aromatic nitrogens is 2. The minimum atomic E-state index is 0.143. The van der Waals surface area contributed by atoms with Crippen LogP contribution in [0.3, 0.4) is 0 Å². The fraction of sp³-hybridized carbons (Fsp3) is 0.667. The smallest absolute Gasteiger partial charge is 0.222 e. The average Bonchev–Trinajstić information content (AvgIpc) is 2.45. The molecule has 20 heavy (non-hydrogen) atoms.